The minimum absolute atomic E-state index is 0.260. The molecule has 5 nitrogen and oxygen atoms in total. The Hall–Kier alpha value is -1.17. The van der Waals surface area contributed by atoms with E-state index in [1.807, 2.05) is 13.0 Å². The minimum atomic E-state index is -1.22. The third-order valence-corrected chi connectivity index (χ3v) is 5.96. The first kappa shape index (κ1) is 20.1. The standard InChI is InChI=1S/C20H32O5/c1-13-6-5-10-19(3,24)17(22)12-15-9-11-20(4,16(21)8-7-13)25-18(23)14(15)2/h6,15-17,21-22,24H,2,5,7-12H2,1,3-4H3/b13-6-/t15-,16+,17-,19+,20-/m1/s1. The van der Waals surface area contributed by atoms with E-state index in [4.69, 9.17) is 4.74 Å². The summed E-state index contributed by atoms with van der Waals surface area (Å²) >= 11 is 0. The number of carbonyl (C=O) groups excluding carboxylic acids is 1. The molecule has 2 aliphatic rings. The number of esters is 1. The van der Waals surface area contributed by atoms with Crippen molar-refractivity contribution in [2.24, 2.45) is 5.92 Å². The van der Waals surface area contributed by atoms with Gasteiger partial charge in [-0.3, -0.25) is 0 Å². The van der Waals surface area contributed by atoms with Crippen molar-refractivity contribution in [3.8, 4) is 0 Å². The van der Waals surface area contributed by atoms with Crippen LogP contribution in [0.25, 0.3) is 0 Å². The van der Waals surface area contributed by atoms with Gasteiger partial charge in [-0.1, -0.05) is 18.2 Å². The molecule has 0 aromatic rings. The lowest BCUT2D eigenvalue weighted by Gasteiger charge is -2.33. The number of allylic oxidation sites excluding steroid dienone is 2. The highest BCUT2D eigenvalue weighted by atomic mass is 16.6. The zero-order valence-corrected chi connectivity index (χ0v) is 15.6. The van der Waals surface area contributed by atoms with E-state index in [0.29, 0.717) is 44.1 Å². The van der Waals surface area contributed by atoms with Gasteiger partial charge < -0.3 is 20.1 Å². The lowest BCUT2D eigenvalue weighted by molar-refractivity contribution is -0.165. The third-order valence-electron chi connectivity index (χ3n) is 5.96. The van der Waals surface area contributed by atoms with Crippen molar-refractivity contribution < 1.29 is 24.9 Å². The van der Waals surface area contributed by atoms with Crippen molar-refractivity contribution in [2.75, 3.05) is 0 Å². The summed E-state index contributed by atoms with van der Waals surface area (Å²) in [4.78, 5) is 12.4. The van der Waals surface area contributed by atoms with E-state index in [1.54, 1.807) is 13.8 Å². The van der Waals surface area contributed by atoms with Gasteiger partial charge in [-0.05, 0) is 71.6 Å². The highest BCUT2D eigenvalue weighted by molar-refractivity contribution is 5.89. The first-order valence-electron chi connectivity index (χ1n) is 9.21. The van der Waals surface area contributed by atoms with Gasteiger partial charge in [0.2, 0.25) is 0 Å². The maximum absolute atomic E-state index is 12.4. The maximum atomic E-state index is 12.4. The molecule has 2 bridgehead atoms. The molecule has 142 valence electrons. The van der Waals surface area contributed by atoms with Crippen molar-refractivity contribution in [1.82, 2.24) is 0 Å². The molecule has 1 fully saturated rings. The number of aliphatic hydroxyl groups is 3. The van der Waals surface area contributed by atoms with Crippen LogP contribution >= 0.6 is 0 Å². The second kappa shape index (κ2) is 7.60. The lowest BCUT2D eigenvalue weighted by Crippen LogP contribution is -2.43. The summed E-state index contributed by atoms with van der Waals surface area (Å²) in [6.45, 7) is 9.25. The van der Waals surface area contributed by atoms with Crippen molar-refractivity contribution in [3.05, 3.63) is 23.8 Å². The molecule has 0 spiro atoms. The Bertz CT molecular complexity index is 550. The third kappa shape index (κ3) is 4.72. The van der Waals surface area contributed by atoms with Gasteiger partial charge in [0.05, 0.1) is 17.8 Å². The molecule has 0 aromatic heterocycles. The molecule has 0 amide bonds. The first-order valence-corrected chi connectivity index (χ1v) is 9.21. The van der Waals surface area contributed by atoms with Crippen LogP contribution in [0.1, 0.15) is 65.7 Å². The topological polar surface area (TPSA) is 87.0 Å². The van der Waals surface area contributed by atoms with Gasteiger partial charge >= 0.3 is 5.97 Å². The van der Waals surface area contributed by atoms with E-state index in [2.05, 4.69) is 6.58 Å². The number of carbonyl (C=O) groups is 1. The fourth-order valence-corrected chi connectivity index (χ4v) is 3.70. The molecule has 0 saturated carbocycles. The average molecular weight is 352 g/mol. The number of rotatable bonds is 0. The molecule has 3 N–H and O–H groups in total. The van der Waals surface area contributed by atoms with Crippen LogP contribution in [0.3, 0.4) is 0 Å². The van der Waals surface area contributed by atoms with Crippen molar-refractivity contribution >= 4 is 5.97 Å². The summed E-state index contributed by atoms with van der Waals surface area (Å²) in [5.74, 6) is -0.777. The summed E-state index contributed by atoms with van der Waals surface area (Å²) in [6.07, 6.45) is 4.00. The van der Waals surface area contributed by atoms with Gasteiger partial charge in [0.15, 0.2) is 0 Å². The van der Waals surface area contributed by atoms with E-state index in [1.165, 1.54) is 0 Å². The molecule has 1 saturated heterocycles. The smallest absolute Gasteiger partial charge is 0.334 e. The summed E-state index contributed by atoms with van der Waals surface area (Å²) < 4.78 is 5.60. The number of fused-ring (bicyclic) bond motifs is 3. The van der Waals surface area contributed by atoms with Crippen molar-refractivity contribution in [3.63, 3.8) is 0 Å². The first-order chi connectivity index (χ1) is 11.5. The van der Waals surface area contributed by atoms with Crippen LogP contribution in [0.15, 0.2) is 23.8 Å². The molecule has 5 heteroatoms. The Morgan fingerprint density at radius 1 is 1.20 bits per heavy atom. The molecule has 1 heterocycles. The van der Waals surface area contributed by atoms with Crippen LogP contribution in [0.2, 0.25) is 0 Å². The molecular formula is C20H32O5. The van der Waals surface area contributed by atoms with Crippen molar-refractivity contribution in [2.45, 2.75) is 89.1 Å². The molecule has 25 heavy (non-hydrogen) atoms. The van der Waals surface area contributed by atoms with Gasteiger partial charge in [0, 0.05) is 5.57 Å². The van der Waals surface area contributed by atoms with Gasteiger partial charge in [-0.25, -0.2) is 4.79 Å². The molecule has 2 rings (SSSR count). The summed E-state index contributed by atoms with van der Waals surface area (Å²) in [5.41, 5.74) is -0.741. The number of aliphatic hydroxyl groups excluding tert-OH is 2. The van der Waals surface area contributed by atoms with E-state index >= 15 is 0 Å². The van der Waals surface area contributed by atoms with Crippen LogP contribution in [-0.4, -0.2) is 44.7 Å². The molecule has 0 aromatic carbocycles. The minimum Gasteiger partial charge on any atom is -0.453 e. The average Bonchev–Trinajstić information content (AvgIpc) is 2.64. The fourth-order valence-electron chi connectivity index (χ4n) is 3.70. The Kier molecular flexibility index (Phi) is 6.13. The number of hydrogen-bond acceptors (Lipinski definition) is 5. The zero-order valence-electron chi connectivity index (χ0n) is 15.6. The Morgan fingerprint density at radius 3 is 2.56 bits per heavy atom. The number of ether oxygens (including phenoxy) is 1. The van der Waals surface area contributed by atoms with Gasteiger partial charge in [-0.2, -0.15) is 0 Å². The van der Waals surface area contributed by atoms with Crippen LogP contribution in [0.4, 0.5) is 0 Å². The summed E-state index contributed by atoms with van der Waals surface area (Å²) in [5, 5.41) is 31.8. The molecule has 1 aliphatic carbocycles. The van der Waals surface area contributed by atoms with E-state index in [0.717, 1.165) is 5.57 Å². The highest BCUT2D eigenvalue weighted by Crippen LogP contribution is 2.38. The van der Waals surface area contributed by atoms with Crippen LogP contribution in [-0.2, 0) is 9.53 Å². The number of hydrogen-bond donors (Lipinski definition) is 3. The predicted octanol–water partition coefficient (Wildman–Crippen LogP) is 2.64. The molecule has 1 aliphatic heterocycles. The van der Waals surface area contributed by atoms with Crippen molar-refractivity contribution in [1.29, 1.82) is 0 Å². The SMILES string of the molecule is C=C1C(=O)O[C@]2(C)CC[C@@H]1C[C@@H](O)[C@@](C)(O)CC/C=C(/C)CC[C@@H]2O. The fraction of sp³-hybridized carbons (Fsp3) is 0.750. The van der Waals surface area contributed by atoms with Gasteiger partial charge in [0.1, 0.15) is 5.60 Å². The van der Waals surface area contributed by atoms with E-state index in [-0.39, 0.29) is 12.3 Å². The zero-order chi connectivity index (χ0) is 18.8. The Balaban J connectivity index is 2.33. The Morgan fingerprint density at radius 2 is 1.88 bits per heavy atom. The second-order valence-electron chi connectivity index (χ2n) is 8.22. The highest BCUT2D eigenvalue weighted by Gasteiger charge is 2.43. The van der Waals surface area contributed by atoms with Crippen LogP contribution in [0.5, 0.6) is 0 Å². The second-order valence-corrected chi connectivity index (χ2v) is 8.22. The molecule has 5 atom stereocenters. The quantitative estimate of drug-likeness (QED) is 0.354. The van der Waals surface area contributed by atoms with Gasteiger partial charge in [-0.15, -0.1) is 0 Å². The predicted molar refractivity (Wildman–Crippen MR) is 95.8 cm³/mol. The molecule has 0 radical (unpaired) electrons. The monoisotopic (exact) mass is 352 g/mol. The normalized spacial score (nSPS) is 43.6. The summed E-state index contributed by atoms with van der Waals surface area (Å²) in [7, 11) is 0. The van der Waals surface area contributed by atoms with Crippen LogP contribution < -0.4 is 0 Å². The van der Waals surface area contributed by atoms with Gasteiger partial charge in [0.25, 0.3) is 0 Å². The van der Waals surface area contributed by atoms with E-state index in [9.17, 15) is 20.1 Å². The molecular weight excluding hydrogens is 320 g/mol. The lowest BCUT2D eigenvalue weighted by atomic mass is 9.80. The largest absolute Gasteiger partial charge is 0.453 e. The van der Waals surface area contributed by atoms with E-state index < -0.39 is 29.4 Å². The summed E-state index contributed by atoms with van der Waals surface area (Å²) in [6, 6.07) is 0. The Labute approximate surface area is 150 Å². The maximum Gasteiger partial charge on any atom is 0.334 e. The molecule has 0 unspecified atom stereocenters. The van der Waals surface area contributed by atoms with Crippen LogP contribution in [0, 0.1) is 5.92 Å².